The second-order valence-electron chi connectivity index (χ2n) is 12.8. The third kappa shape index (κ3) is 9.01. The van der Waals surface area contributed by atoms with Gasteiger partial charge in [0.25, 0.3) is 6.01 Å². The molecule has 1 saturated heterocycles. The predicted molar refractivity (Wildman–Crippen MR) is 204 cm³/mol. The molecule has 6 aromatic rings. The topological polar surface area (TPSA) is 128 Å². The molecule has 0 aliphatic carbocycles. The van der Waals surface area contributed by atoms with Crippen molar-refractivity contribution in [1.29, 1.82) is 0 Å². The maximum Gasteiger partial charge on any atom is 0.345 e. The number of likely N-dealkylation sites (N-methyl/N-ethyl adjacent to an activating group) is 1. The van der Waals surface area contributed by atoms with Gasteiger partial charge in [-0.1, -0.05) is 35.9 Å². The zero-order valence-corrected chi connectivity index (χ0v) is 33.4. The maximum absolute atomic E-state index is 14.3. The van der Waals surface area contributed by atoms with Crippen LogP contribution in [0, 0.1) is 12.9 Å². The Kier molecular flexibility index (Phi) is 12.7. The summed E-state index contributed by atoms with van der Waals surface area (Å²) in [6.07, 6.45) is -0.220. The number of carboxylic acid groups (broad SMARTS) is 1. The number of nitrogens with zero attached hydrogens (tertiary/aromatic N) is 6. The molecule has 5 heterocycles. The molecule has 1 N–H and O–H groups in total. The summed E-state index contributed by atoms with van der Waals surface area (Å²) in [6, 6.07) is 14.2. The molecule has 4 aromatic heterocycles. The van der Waals surface area contributed by atoms with Gasteiger partial charge < -0.3 is 28.6 Å². The van der Waals surface area contributed by atoms with Crippen molar-refractivity contribution in [2.45, 2.75) is 39.5 Å². The Morgan fingerprint density at radius 3 is 2.64 bits per heavy atom. The number of hydrogen-bond acceptors (Lipinski definition) is 11. The molecule has 2 atom stereocenters. The molecule has 2 unspecified atom stereocenters. The number of aryl methyl sites for hydroxylation is 1. The largest absolute Gasteiger partial charge is 0.491 e. The van der Waals surface area contributed by atoms with Crippen molar-refractivity contribution in [2.75, 3.05) is 46.4 Å². The number of halogens is 2. The Morgan fingerprint density at radius 1 is 1.09 bits per heavy atom. The summed E-state index contributed by atoms with van der Waals surface area (Å²) in [5.74, 6) is -0.380. The predicted octanol–water partition coefficient (Wildman–Crippen LogP) is 7.21. The van der Waals surface area contributed by atoms with Crippen molar-refractivity contribution in [3.8, 4) is 39.1 Å². The number of benzene rings is 2. The number of thiophene rings is 1. The van der Waals surface area contributed by atoms with Gasteiger partial charge in [0, 0.05) is 83.4 Å². The molecule has 16 heteroatoms. The molecule has 55 heavy (non-hydrogen) atoms. The molecule has 0 spiro atoms. The minimum absolute atomic E-state index is 0. The van der Waals surface area contributed by atoms with Gasteiger partial charge in [0.15, 0.2) is 0 Å². The van der Waals surface area contributed by atoms with Crippen LogP contribution in [-0.2, 0) is 42.9 Å². The zero-order valence-electron chi connectivity index (χ0n) is 31.4. The van der Waals surface area contributed by atoms with Gasteiger partial charge >= 0.3 is 5.97 Å². The van der Waals surface area contributed by atoms with Gasteiger partial charge in [-0.2, -0.15) is 9.49 Å². The molecule has 0 bridgehead atoms. The molecule has 0 saturated carbocycles. The van der Waals surface area contributed by atoms with E-state index in [4.69, 9.17) is 31.6 Å². The Labute approximate surface area is 340 Å². The van der Waals surface area contributed by atoms with E-state index in [2.05, 4.69) is 31.9 Å². The van der Waals surface area contributed by atoms with Gasteiger partial charge in [-0.25, -0.2) is 14.8 Å². The minimum atomic E-state index is -1.72. The van der Waals surface area contributed by atoms with E-state index in [1.807, 2.05) is 26.0 Å². The van der Waals surface area contributed by atoms with Crippen LogP contribution in [0.15, 0.2) is 71.5 Å². The van der Waals surface area contributed by atoms with Crippen LogP contribution in [0.25, 0.3) is 32.0 Å². The number of carboxylic acids is 1. The van der Waals surface area contributed by atoms with Crippen LogP contribution in [0.3, 0.4) is 0 Å². The molecule has 12 nitrogen and oxygen atoms in total. The number of aliphatic carboxylic acids is 1. The van der Waals surface area contributed by atoms with Crippen LogP contribution in [-0.4, -0.2) is 93.1 Å². The first-order valence-corrected chi connectivity index (χ1v) is 18.7. The number of carbonyl (C=O) groups is 1. The van der Waals surface area contributed by atoms with Crippen LogP contribution >= 0.6 is 22.9 Å². The Hall–Kier alpha value is -4.44. The molecular formula is C39H40ClFN6O6SV. The fraction of sp³-hybridized carbons (Fsp3) is 0.333. The minimum Gasteiger partial charge on any atom is -0.491 e. The number of aromatic nitrogens is 4. The molecule has 2 aromatic carbocycles. The first-order valence-electron chi connectivity index (χ1n) is 18.1. The van der Waals surface area contributed by atoms with Gasteiger partial charge in [0.2, 0.25) is 12.0 Å². The van der Waals surface area contributed by atoms with Gasteiger partial charge in [0.05, 0.1) is 21.0 Å². The normalized spacial score (nSPS) is 15.0. The molecule has 1 fully saturated rings. The van der Waals surface area contributed by atoms with Crippen molar-refractivity contribution in [2.24, 2.45) is 0 Å². The van der Waals surface area contributed by atoms with Crippen LogP contribution < -0.4 is 14.2 Å². The van der Waals surface area contributed by atoms with E-state index in [1.54, 1.807) is 41.2 Å². The van der Waals surface area contributed by atoms with Crippen LogP contribution in [0.4, 0.5) is 4.39 Å². The van der Waals surface area contributed by atoms with Crippen LogP contribution in [0.2, 0.25) is 5.02 Å². The number of rotatable bonds is 15. The van der Waals surface area contributed by atoms with E-state index < -0.39 is 24.5 Å². The monoisotopic (exact) mass is 826 g/mol. The average molecular weight is 827 g/mol. The first-order chi connectivity index (χ1) is 26.6. The van der Waals surface area contributed by atoms with E-state index in [1.165, 1.54) is 29.8 Å². The number of piperazine rings is 1. The molecule has 7 rings (SSSR count). The van der Waals surface area contributed by atoms with E-state index >= 15 is 0 Å². The number of hydrogen-bond donors (Lipinski definition) is 1. The second kappa shape index (κ2) is 18.0. The number of furan rings is 1. The van der Waals surface area contributed by atoms with E-state index in [0.29, 0.717) is 67.0 Å². The molecular weight excluding hydrogens is 786 g/mol. The molecule has 0 amide bonds. The smallest absolute Gasteiger partial charge is 0.345 e. The maximum atomic E-state index is 14.3. The fourth-order valence-electron chi connectivity index (χ4n) is 6.37. The number of ether oxygens (including phenoxy) is 3. The van der Waals surface area contributed by atoms with Gasteiger partial charge in [-0.15, -0.1) is 11.3 Å². The van der Waals surface area contributed by atoms with Crippen molar-refractivity contribution in [3.63, 3.8) is 0 Å². The number of para-hydroxylation sites is 1. The third-order valence-corrected chi connectivity index (χ3v) is 10.9. The van der Waals surface area contributed by atoms with E-state index in [-0.39, 0.29) is 36.8 Å². The summed E-state index contributed by atoms with van der Waals surface area (Å²) in [6.45, 7) is 9.78. The Morgan fingerprint density at radius 2 is 1.89 bits per heavy atom. The standard InChI is InChI=1S/C39H40ClFN6O6S.V/c1-4-47-26(13-14-44-47)22-51-28-8-6-5-7-25(28)21-31(39(48)49)53-37-34-33(36(30-11-12-32(41)52-30)54-38(34)43-23-42-37)27-9-10-29(35(40)24(27)2)50-20-19-46-17-15-45(3)16-18-46;/h5-14,23,31H,4,15-22H2,1-3H3,(H,48,49);/i21D;. The summed E-state index contributed by atoms with van der Waals surface area (Å²) in [7, 11) is 2.11. The second-order valence-corrected chi connectivity index (χ2v) is 14.2. The van der Waals surface area contributed by atoms with E-state index in [0.717, 1.165) is 38.4 Å². The van der Waals surface area contributed by atoms with E-state index in [9.17, 15) is 14.3 Å². The van der Waals surface area contributed by atoms with Crippen molar-refractivity contribution in [3.05, 3.63) is 95.0 Å². The van der Waals surface area contributed by atoms with Gasteiger partial charge in [0.1, 0.15) is 41.6 Å². The van der Waals surface area contributed by atoms with Crippen molar-refractivity contribution < 1.29 is 52.8 Å². The zero-order chi connectivity index (χ0) is 38.6. The molecule has 287 valence electrons. The summed E-state index contributed by atoms with van der Waals surface area (Å²) in [5.41, 5.74) is 2.94. The molecule has 1 aliphatic heterocycles. The van der Waals surface area contributed by atoms with Crippen molar-refractivity contribution in [1.82, 2.24) is 29.5 Å². The first kappa shape index (κ1) is 38.8. The van der Waals surface area contributed by atoms with Gasteiger partial charge in [-0.3, -0.25) is 9.58 Å². The third-order valence-electron chi connectivity index (χ3n) is 9.34. The molecule has 1 radical (unpaired) electrons. The summed E-state index contributed by atoms with van der Waals surface area (Å²) in [4.78, 5) is 27.3. The Balaban J connectivity index is 0.00000532. The summed E-state index contributed by atoms with van der Waals surface area (Å²) < 4.78 is 49.2. The van der Waals surface area contributed by atoms with Gasteiger partial charge in [-0.05, 0) is 61.9 Å². The Bertz CT molecular complexity index is 2300. The van der Waals surface area contributed by atoms with Crippen molar-refractivity contribution >= 4 is 39.1 Å². The molecule has 1 aliphatic rings. The summed E-state index contributed by atoms with van der Waals surface area (Å²) in [5, 5.41) is 15.5. The SMILES string of the molecule is [2H]C(c1ccccc1OCc1ccnn1CC)C(Oc1ncnc2sc(-c3ccc(F)o3)c(-c3ccc(OCCN4CCN(C)CC4)c(Cl)c3C)c12)C(=O)O.[V]. The fourth-order valence-corrected chi connectivity index (χ4v) is 7.70. The quantitative estimate of drug-likeness (QED) is 0.113. The summed E-state index contributed by atoms with van der Waals surface area (Å²) >= 11 is 8.17. The average Bonchev–Trinajstić information content (AvgIpc) is 3.94. The number of fused-ring (bicyclic) bond motifs is 1. The van der Waals surface area contributed by atoms with Crippen LogP contribution in [0.1, 0.15) is 25.1 Å². The van der Waals surface area contributed by atoms with Crippen LogP contribution in [0.5, 0.6) is 17.4 Å².